The zero-order chi connectivity index (χ0) is 10.4. The van der Waals surface area contributed by atoms with E-state index < -0.39 is 0 Å². The number of rotatable bonds is 1. The van der Waals surface area contributed by atoms with E-state index in [1.54, 1.807) is 0 Å². The van der Waals surface area contributed by atoms with E-state index in [0.29, 0.717) is 5.41 Å². The Hall–Kier alpha value is 0.844. The van der Waals surface area contributed by atoms with Gasteiger partial charge in [-0.1, -0.05) is 47.0 Å². The molecule has 0 amide bonds. The van der Waals surface area contributed by atoms with Crippen LogP contribution < -0.4 is 0 Å². The molecule has 1 heteroatoms. The van der Waals surface area contributed by atoms with Crippen molar-refractivity contribution >= 4 is 0 Å². The largest absolute Gasteiger partial charge is 0.504 e. The van der Waals surface area contributed by atoms with Crippen molar-refractivity contribution in [3.05, 3.63) is 19.6 Å². The Morgan fingerprint density at radius 1 is 1.08 bits per heavy atom. The summed E-state index contributed by atoms with van der Waals surface area (Å²) in [5.41, 5.74) is 0.627. The van der Waals surface area contributed by atoms with Crippen molar-refractivity contribution in [3.8, 4) is 0 Å². The molecule has 0 aliphatic heterocycles. The van der Waals surface area contributed by atoms with Gasteiger partial charge in [-0.25, -0.2) is 0 Å². The van der Waals surface area contributed by atoms with Gasteiger partial charge in [-0.2, -0.15) is 11.8 Å². The summed E-state index contributed by atoms with van der Waals surface area (Å²) in [6.07, 6.45) is 3.84. The molecule has 0 N–H and O–H groups in total. The zero-order valence-corrected chi connectivity index (χ0v) is 13.0. The van der Waals surface area contributed by atoms with Crippen LogP contribution in [0.4, 0.5) is 0 Å². The molecule has 77 valence electrons. The van der Waals surface area contributed by atoms with Crippen LogP contribution in [0.15, 0.2) is 6.58 Å². The molecule has 0 aromatic heterocycles. The van der Waals surface area contributed by atoms with E-state index in [1.807, 2.05) is 0 Å². The van der Waals surface area contributed by atoms with Crippen LogP contribution in [0, 0.1) is 23.8 Å². The number of allylic oxidation sites excluding steroid dienone is 1. The van der Waals surface area contributed by atoms with Crippen molar-refractivity contribution < 1.29 is 32.7 Å². The second-order valence-electron chi connectivity index (χ2n) is 5.55. The molecule has 0 aliphatic rings. The molecule has 0 aliphatic carbocycles. The molecule has 1 radical (unpaired) electrons. The fourth-order valence-electron chi connectivity index (χ4n) is 0.375. The minimum Gasteiger partial charge on any atom is -0.504 e. The van der Waals surface area contributed by atoms with Gasteiger partial charge >= 0.3 is 0 Å². The second kappa shape index (κ2) is 8.18. The van der Waals surface area contributed by atoms with Crippen molar-refractivity contribution in [1.82, 2.24) is 0 Å². The fourth-order valence-corrected chi connectivity index (χ4v) is 0.375. The zero-order valence-electron chi connectivity index (χ0n) is 10.2. The van der Waals surface area contributed by atoms with Gasteiger partial charge < -0.3 is 13.0 Å². The maximum atomic E-state index is 3.77. The Balaban J connectivity index is -0.000000150. The first-order valence-electron chi connectivity index (χ1n) is 4.41. The van der Waals surface area contributed by atoms with E-state index in [9.17, 15) is 0 Å². The van der Waals surface area contributed by atoms with E-state index >= 15 is 0 Å². The maximum Gasteiger partial charge on any atom is 0 e. The molecule has 0 fully saturated rings. The molecule has 0 heterocycles. The predicted molar refractivity (Wildman–Crippen MR) is 57.8 cm³/mol. The van der Waals surface area contributed by atoms with E-state index in [0.717, 1.165) is 6.42 Å². The maximum absolute atomic E-state index is 3.77. The normalized spacial score (nSPS) is 10.7. The number of hydrogen-bond donors (Lipinski definition) is 0. The Kier molecular flexibility index (Phi) is 12.2. The van der Waals surface area contributed by atoms with Crippen LogP contribution in [0.2, 0.25) is 0 Å². The summed E-state index contributed by atoms with van der Waals surface area (Å²) in [5, 5.41) is 0. The summed E-state index contributed by atoms with van der Waals surface area (Å²) in [6.45, 7) is 20.0. The topological polar surface area (TPSA) is 0 Å². The van der Waals surface area contributed by atoms with Crippen LogP contribution in [0.25, 0.3) is 0 Å². The quantitative estimate of drug-likeness (QED) is 0.615. The van der Waals surface area contributed by atoms with Crippen LogP contribution >= 0.6 is 0 Å². The molecule has 0 aromatic rings. The first-order valence-corrected chi connectivity index (χ1v) is 4.41. The summed E-state index contributed by atoms with van der Waals surface area (Å²) in [6, 6.07) is 0. The molecule has 0 saturated carbocycles. The molecule has 0 saturated heterocycles. The Morgan fingerprint density at radius 3 is 1.31 bits per heavy atom. The van der Waals surface area contributed by atoms with Gasteiger partial charge in [0.15, 0.2) is 0 Å². The van der Waals surface area contributed by atoms with Gasteiger partial charge in [0.1, 0.15) is 0 Å². The van der Waals surface area contributed by atoms with Crippen LogP contribution in [-0.2, 0) is 32.7 Å². The van der Waals surface area contributed by atoms with Gasteiger partial charge in [-0.3, -0.25) is 6.58 Å². The van der Waals surface area contributed by atoms with Gasteiger partial charge in [-0.05, 0) is 0 Å². The SMILES string of the molecule is C=[C-]CC(C)(C)C.[CH2-]C(C)(C)C.[Y]. The third-order valence-corrected chi connectivity index (χ3v) is 0.655. The third-order valence-electron chi connectivity index (χ3n) is 0.655. The van der Waals surface area contributed by atoms with Gasteiger partial charge in [0, 0.05) is 32.7 Å². The summed E-state index contributed by atoms with van der Waals surface area (Å²) >= 11 is 0. The molecular formula is C12H24Y-2. The van der Waals surface area contributed by atoms with Crippen LogP contribution in [-0.4, -0.2) is 0 Å². The minimum atomic E-state index is 0. The van der Waals surface area contributed by atoms with E-state index in [1.165, 1.54) is 0 Å². The third kappa shape index (κ3) is 64.4. The van der Waals surface area contributed by atoms with Crippen molar-refractivity contribution in [3.63, 3.8) is 0 Å². The standard InChI is InChI=1S/C7H13.C5H11.Y/c1-5-6-7(2,3)4;1-5(2,3)4;/h1,6H2,2-4H3;1H2,2-4H3;/q2*-1;. The fraction of sp³-hybridized carbons (Fsp3) is 0.750. The minimum absolute atomic E-state index is 0. The summed E-state index contributed by atoms with van der Waals surface area (Å²) in [4.78, 5) is 0. The first kappa shape index (κ1) is 19.4. The smallest absolute Gasteiger partial charge is 0 e. The van der Waals surface area contributed by atoms with Gasteiger partial charge in [-0.15, -0.1) is 0 Å². The van der Waals surface area contributed by atoms with Crippen molar-refractivity contribution in [2.45, 2.75) is 48.0 Å². The molecule has 0 spiro atoms. The van der Waals surface area contributed by atoms with Gasteiger partial charge in [0.05, 0.1) is 0 Å². The first-order chi connectivity index (χ1) is 5.06. The molecule has 0 unspecified atom stereocenters. The number of hydrogen-bond acceptors (Lipinski definition) is 0. The van der Waals surface area contributed by atoms with Crippen molar-refractivity contribution in [1.29, 1.82) is 0 Å². The average molecular weight is 257 g/mol. The van der Waals surface area contributed by atoms with Gasteiger partial charge in [0.2, 0.25) is 0 Å². The van der Waals surface area contributed by atoms with Crippen LogP contribution in [0.1, 0.15) is 48.0 Å². The molecule has 0 nitrogen and oxygen atoms in total. The molecule has 13 heavy (non-hydrogen) atoms. The van der Waals surface area contributed by atoms with Crippen LogP contribution in [0.5, 0.6) is 0 Å². The van der Waals surface area contributed by atoms with Crippen molar-refractivity contribution in [2.75, 3.05) is 0 Å². The molecule has 0 bridgehead atoms. The summed E-state index contributed by atoms with van der Waals surface area (Å²) in [7, 11) is 0. The van der Waals surface area contributed by atoms with Gasteiger partial charge in [0.25, 0.3) is 0 Å². The average Bonchev–Trinajstić information content (AvgIpc) is 1.54. The monoisotopic (exact) mass is 257 g/mol. The Labute approximate surface area is 110 Å². The predicted octanol–water partition coefficient (Wildman–Crippen LogP) is 4.28. The van der Waals surface area contributed by atoms with E-state index in [2.05, 4.69) is 61.1 Å². The summed E-state index contributed by atoms with van der Waals surface area (Å²) in [5.74, 6) is 0. The van der Waals surface area contributed by atoms with Crippen molar-refractivity contribution in [2.24, 2.45) is 10.8 Å². The van der Waals surface area contributed by atoms with E-state index in [-0.39, 0.29) is 38.1 Å². The molecule has 0 atom stereocenters. The molecule has 0 rings (SSSR count). The Morgan fingerprint density at radius 2 is 1.31 bits per heavy atom. The second-order valence-corrected chi connectivity index (χ2v) is 5.55. The van der Waals surface area contributed by atoms with Crippen LogP contribution in [0.3, 0.4) is 0 Å². The molecular weight excluding hydrogens is 233 g/mol. The Bertz CT molecular complexity index is 106. The van der Waals surface area contributed by atoms with E-state index in [4.69, 9.17) is 0 Å². The summed E-state index contributed by atoms with van der Waals surface area (Å²) < 4.78 is 0. The molecule has 0 aromatic carbocycles.